The summed E-state index contributed by atoms with van der Waals surface area (Å²) in [5.74, 6) is 0.186. The van der Waals surface area contributed by atoms with Crippen molar-refractivity contribution in [2.75, 3.05) is 0 Å². The third-order valence-electron chi connectivity index (χ3n) is 3.81. The molecular weight excluding hydrogens is 314 g/mol. The Kier molecular flexibility index (Phi) is 5.02. The van der Waals surface area contributed by atoms with Crippen molar-refractivity contribution in [3.05, 3.63) is 35.6 Å². The highest BCUT2D eigenvalue weighted by Crippen LogP contribution is 2.25. The van der Waals surface area contributed by atoms with Gasteiger partial charge in [0.2, 0.25) is 5.91 Å². The van der Waals surface area contributed by atoms with Crippen molar-refractivity contribution in [3.8, 4) is 17.5 Å². The number of halogens is 1. The molecule has 1 heterocycles. The molecule has 0 aliphatic heterocycles. The highest BCUT2D eigenvalue weighted by Gasteiger charge is 2.30. The zero-order valence-corrected chi connectivity index (χ0v) is 14.0. The van der Waals surface area contributed by atoms with Gasteiger partial charge in [0.1, 0.15) is 18.4 Å². The topological polar surface area (TPSA) is 83.6 Å². The van der Waals surface area contributed by atoms with Crippen LogP contribution in [0.4, 0.5) is 0 Å². The van der Waals surface area contributed by atoms with Crippen molar-refractivity contribution in [1.82, 2.24) is 20.1 Å². The average Bonchev–Trinajstić information content (AvgIpc) is 2.95. The van der Waals surface area contributed by atoms with Crippen LogP contribution >= 0.6 is 11.6 Å². The molecule has 1 atom stereocenters. The number of amides is 1. The number of hydrogen-bond acceptors (Lipinski definition) is 4. The first-order valence-corrected chi connectivity index (χ1v) is 7.60. The van der Waals surface area contributed by atoms with E-state index in [1.807, 2.05) is 32.0 Å². The number of nitrogens with one attached hydrogen (secondary N) is 1. The Hall–Kier alpha value is -2.39. The minimum absolute atomic E-state index is 0.0183. The van der Waals surface area contributed by atoms with Crippen LogP contribution in [0.25, 0.3) is 11.4 Å². The quantitative estimate of drug-likeness (QED) is 0.912. The first-order valence-electron chi connectivity index (χ1n) is 7.22. The lowest BCUT2D eigenvalue weighted by molar-refractivity contribution is -0.123. The van der Waals surface area contributed by atoms with E-state index in [0.717, 1.165) is 0 Å². The molecule has 120 valence electrons. The lowest BCUT2D eigenvalue weighted by atomic mass is 9.90. The van der Waals surface area contributed by atoms with Gasteiger partial charge in [-0.2, -0.15) is 10.4 Å². The molecule has 0 saturated carbocycles. The molecule has 0 aliphatic carbocycles. The lowest BCUT2D eigenvalue weighted by Crippen LogP contribution is -2.49. The van der Waals surface area contributed by atoms with E-state index in [9.17, 15) is 10.1 Å². The summed E-state index contributed by atoms with van der Waals surface area (Å²) in [5.41, 5.74) is -0.228. The Balaban J connectivity index is 2.20. The van der Waals surface area contributed by atoms with Crippen molar-refractivity contribution in [3.63, 3.8) is 0 Å². The van der Waals surface area contributed by atoms with Gasteiger partial charge in [0.05, 0.1) is 11.1 Å². The maximum atomic E-state index is 12.3. The fraction of sp³-hybridized carbons (Fsp3) is 0.375. The van der Waals surface area contributed by atoms with Crippen LogP contribution in [0.2, 0.25) is 5.02 Å². The van der Waals surface area contributed by atoms with E-state index in [1.54, 1.807) is 13.0 Å². The maximum absolute atomic E-state index is 12.3. The van der Waals surface area contributed by atoms with E-state index in [1.165, 1.54) is 11.0 Å². The molecule has 0 fully saturated rings. The van der Waals surface area contributed by atoms with Crippen molar-refractivity contribution in [2.24, 2.45) is 5.92 Å². The summed E-state index contributed by atoms with van der Waals surface area (Å²) in [6.07, 6.45) is 1.37. The predicted octanol–water partition coefficient (Wildman–Crippen LogP) is 2.65. The summed E-state index contributed by atoms with van der Waals surface area (Å²) in [6.45, 7) is 5.43. The number of nitrogens with zero attached hydrogens (tertiary/aromatic N) is 4. The smallest absolute Gasteiger partial charge is 0.243 e. The van der Waals surface area contributed by atoms with Gasteiger partial charge in [-0.25, -0.2) is 9.67 Å². The number of carbonyl (C=O) groups is 1. The first-order chi connectivity index (χ1) is 10.9. The van der Waals surface area contributed by atoms with Crippen molar-refractivity contribution in [2.45, 2.75) is 32.9 Å². The van der Waals surface area contributed by atoms with Crippen LogP contribution in [0.5, 0.6) is 0 Å². The van der Waals surface area contributed by atoms with Gasteiger partial charge in [-0.05, 0) is 25.0 Å². The summed E-state index contributed by atoms with van der Waals surface area (Å²) in [7, 11) is 0. The zero-order valence-electron chi connectivity index (χ0n) is 13.2. The number of benzene rings is 1. The van der Waals surface area contributed by atoms with Crippen LogP contribution in [-0.2, 0) is 11.3 Å². The van der Waals surface area contributed by atoms with Gasteiger partial charge in [-0.3, -0.25) is 4.79 Å². The summed E-state index contributed by atoms with van der Waals surface area (Å²) in [6, 6.07) is 9.37. The number of carbonyl (C=O) groups excluding carboxylic acids is 1. The molecule has 0 radical (unpaired) electrons. The standard InChI is InChI=1S/C16H18ClN5O/c1-11(2)16(3,9-18)21-14(23)8-22-15(19-10-20-22)12-6-4-5-7-13(12)17/h4-7,10-11H,8H2,1-3H3,(H,21,23)/t16-/m0/s1. The Labute approximate surface area is 140 Å². The molecule has 2 aromatic rings. The maximum Gasteiger partial charge on any atom is 0.243 e. The molecule has 7 heteroatoms. The lowest BCUT2D eigenvalue weighted by Gasteiger charge is -2.27. The molecule has 23 heavy (non-hydrogen) atoms. The fourth-order valence-electron chi connectivity index (χ4n) is 2.00. The molecule has 0 unspecified atom stereocenters. The first kappa shape index (κ1) is 17.0. The van der Waals surface area contributed by atoms with Crippen molar-refractivity contribution in [1.29, 1.82) is 5.26 Å². The van der Waals surface area contributed by atoms with E-state index in [4.69, 9.17) is 11.6 Å². The minimum atomic E-state index is -0.928. The summed E-state index contributed by atoms with van der Waals surface area (Å²) in [5, 5.41) is 16.6. The second-order valence-electron chi connectivity index (χ2n) is 5.74. The Morgan fingerprint density at radius 1 is 1.48 bits per heavy atom. The molecule has 0 saturated heterocycles. The highest BCUT2D eigenvalue weighted by molar-refractivity contribution is 6.33. The number of nitriles is 1. The van der Waals surface area contributed by atoms with Gasteiger partial charge < -0.3 is 5.32 Å². The predicted molar refractivity (Wildman–Crippen MR) is 87.5 cm³/mol. The van der Waals surface area contributed by atoms with Crippen LogP contribution in [0.15, 0.2) is 30.6 Å². The molecule has 0 spiro atoms. The second kappa shape index (κ2) is 6.80. The number of rotatable bonds is 5. The van der Waals surface area contributed by atoms with Crippen LogP contribution in [-0.4, -0.2) is 26.2 Å². The van der Waals surface area contributed by atoms with Crippen molar-refractivity contribution >= 4 is 17.5 Å². The van der Waals surface area contributed by atoms with Gasteiger partial charge in [0.25, 0.3) is 0 Å². The molecule has 1 N–H and O–H groups in total. The molecule has 1 aromatic carbocycles. The van der Waals surface area contributed by atoms with E-state index in [2.05, 4.69) is 21.5 Å². The third-order valence-corrected chi connectivity index (χ3v) is 4.14. The molecular formula is C16H18ClN5O. The molecule has 6 nitrogen and oxygen atoms in total. The zero-order chi connectivity index (χ0) is 17.0. The van der Waals surface area contributed by atoms with Crippen LogP contribution in [0.1, 0.15) is 20.8 Å². The molecule has 1 aromatic heterocycles. The van der Waals surface area contributed by atoms with Gasteiger partial charge >= 0.3 is 0 Å². The third kappa shape index (κ3) is 3.69. The normalized spacial score (nSPS) is 13.4. The van der Waals surface area contributed by atoms with E-state index in [-0.39, 0.29) is 18.4 Å². The van der Waals surface area contributed by atoms with Crippen LogP contribution < -0.4 is 5.32 Å². The molecule has 0 bridgehead atoms. The minimum Gasteiger partial charge on any atom is -0.336 e. The summed E-state index contributed by atoms with van der Waals surface area (Å²) < 4.78 is 1.47. The van der Waals surface area contributed by atoms with Gasteiger partial charge in [0.15, 0.2) is 5.82 Å². The van der Waals surface area contributed by atoms with E-state index < -0.39 is 5.54 Å². The van der Waals surface area contributed by atoms with Crippen molar-refractivity contribution < 1.29 is 4.79 Å². The van der Waals surface area contributed by atoms with Crippen LogP contribution in [0.3, 0.4) is 0 Å². The Morgan fingerprint density at radius 2 is 2.17 bits per heavy atom. The molecule has 1 amide bonds. The molecule has 0 aliphatic rings. The number of hydrogen-bond donors (Lipinski definition) is 1. The second-order valence-corrected chi connectivity index (χ2v) is 6.15. The highest BCUT2D eigenvalue weighted by atomic mass is 35.5. The summed E-state index contributed by atoms with van der Waals surface area (Å²) >= 11 is 6.17. The monoisotopic (exact) mass is 331 g/mol. The van der Waals surface area contributed by atoms with Gasteiger partial charge in [-0.15, -0.1) is 0 Å². The fourth-order valence-corrected chi connectivity index (χ4v) is 2.22. The van der Waals surface area contributed by atoms with Gasteiger partial charge in [-0.1, -0.05) is 37.6 Å². The van der Waals surface area contributed by atoms with Crippen LogP contribution in [0, 0.1) is 17.2 Å². The van der Waals surface area contributed by atoms with Gasteiger partial charge in [0, 0.05) is 5.56 Å². The largest absolute Gasteiger partial charge is 0.336 e. The van der Waals surface area contributed by atoms with E-state index in [0.29, 0.717) is 16.4 Å². The molecule has 2 rings (SSSR count). The Morgan fingerprint density at radius 3 is 2.78 bits per heavy atom. The number of aromatic nitrogens is 3. The summed E-state index contributed by atoms with van der Waals surface area (Å²) in [4.78, 5) is 16.4. The Bertz CT molecular complexity index is 749. The average molecular weight is 332 g/mol. The SMILES string of the molecule is CC(C)[C@](C)(C#N)NC(=O)Cn1ncnc1-c1ccccc1Cl. The van der Waals surface area contributed by atoms with E-state index >= 15 is 0 Å².